The fourth-order valence-electron chi connectivity index (χ4n) is 1.76. The fourth-order valence-corrected chi connectivity index (χ4v) is 2.46. The second-order valence-electron chi connectivity index (χ2n) is 3.59. The minimum Gasteiger partial charge on any atom is -0.357 e. The molecule has 0 amide bonds. The number of aromatic nitrogens is 1. The van der Waals surface area contributed by atoms with Crippen molar-refractivity contribution < 1.29 is 0 Å². The molecule has 15 heavy (non-hydrogen) atoms. The van der Waals surface area contributed by atoms with Gasteiger partial charge in [-0.05, 0) is 0 Å². The molecule has 5 heteroatoms. The molecule has 1 saturated heterocycles. The van der Waals surface area contributed by atoms with Crippen molar-refractivity contribution in [2.24, 2.45) is 0 Å². The maximum Gasteiger partial charge on any atom is 0.185 e. The largest absolute Gasteiger partial charge is 0.357 e. The Kier molecular flexibility index (Phi) is 3.20. The van der Waals surface area contributed by atoms with Crippen LogP contribution in [0.3, 0.4) is 0 Å². The third kappa shape index (κ3) is 2.28. The molecule has 1 N–H and O–H groups in total. The van der Waals surface area contributed by atoms with Crippen LogP contribution in [0.25, 0.3) is 0 Å². The van der Waals surface area contributed by atoms with Crippen LogP contribution in [-0.4, -0.2) is 41.9 Å². The van der Waals surface area contributed by atoms with Gasteiger partial charge in [0.25, 0.3) is 0 Å². The predicted molar refractivity (Wildman–Crippen MR) is 63.9 cm³/mol. The Labute approximate surface area is 94.0 Å². The average molecular weight is 224 g/mol. The molecule has 0 spiro atoms. The SMILES string of the molecule is CCC(=N)N1CCN(c2nccs2)CC1. The quantitative estimate of drug-likeness (QED) is 0.613. The monoisotopic (exact) mass is 224 g/mol. The molecular formula is C10H16N4S. The van der Waals surface area contributed by atoms with Crippen molar-refractivity contribution in [2.75, 3.05) is 31.1 Å². The van der Waals surface area contributed by atoms with Gasteiger partial charge in [-0.1, -0.05) is 6.92 Å². The van der Waals surface area contributed by atoms with Crippen LogP contribution in [-0.2, 0) is 0 Å². The van der Waals surface area contributed by atoms with Crippen molar-refractivity contribution in [2.45, 2.75) is 13.3 Å². The molecule has 1 fully saturated rings. The first-order valence-corrected chi connectivity index (χ1v) is 6.16. The van der Waals surface area contributed by atoms with E-state index >= 15 is 0 Å². The molecule has 2 rings (SSSR count). The second-order valence-corrected chi connectivity index (χ2v) is 4.46. The molecule has 4 nitrogen and oxygen atoms in total. The molecule has 2 heterocycles. The van der Waals surface area contributed by atoms with Gasteiger partial charge in [0.2, 0.25) is 0 Å². The maximum atomic E-state index is 7.77. The second kappa shape index (κ2) is 4.61. The van der Waals surface area contributed by atoms with Gasteiger partial charge in [-0.3, -0.25) is 5.41 Å². The lowest BCUT2D eigenvalue weighted by Crippen LogP contribution is -2.48. The predicted octanol–water partition coefficient (Wildman–Crippen LogP) is 1.65. The highest BCUT2D eigenvalue weighted by atomic mass is 32.1. The number of hydrogen-bond donors (Lipinski definition) is 1. The van der Waals surface area contributed by atoms with Gasteiger partial charge in [0.05, 0.1) is 5.84 Å². The molecule has 1 aromatic heterocycles. The minimum absolute atomic E-state index is 0.758. The first-order chi connectivity index (χ1) is 7.31. The lowest BCUT2D eigenvalue weighted by Gasteiger charge is -2.35. The summed E-state index contributed by atoms with van der Waals surface area (Å²) in [6.45, 7) is 5.90. The highest BCUT2D eigenvalue weighted by Crippen LogP contribution is 2.18. The fraction of sp³-hybridized carbons (Fsp3) is 0.600. The van der Waals surface area contributed by atoms with E-state index < -0.39 is 0 Å². The summed E-state index contributed by atoms with van der Waals surface area (Å²) in [4.78, 5) is 8.75. The zero-order chi connectivity index (χ0) is 10.7. The van der Waals surface area contributed by atoms with Crippen molar-refractivity contribution in [1.82, 2.24) is 9.88 Å². The van der Waals surface area contributed by atoms with E-state index in [-0.39, 0.29) is 0 Å². The number of rotatable bonds is 2. The summed E-state index contributed by atoms with van der Waals surface area (Å²) in [5, 5.41) is 10.9. The molecule has 0 bridgehead atoms. The summed E-state index contributed by atoms with van der Waals surface area (Å²) in [5.74, 6) is 0.758. The van der Waals surface area contributed by atoms with Gasteiger partial charge in [-0.2, -0.15) is 0 Å². The lowest BCUT2D eigenvalue weighted by atomic mass is 10.3. The van der Waals surface area contributed by atoms with E-state index in [2.05, 4.69) is 14.8 Å². The molecular weight excluding hydrogens is 208 g/mol. The van der Waals surface area contributed by atoms with E-state index in [9.17, 15) is 0 Å². The number of nitrogens with zero attached hydrogens (tertiary/aromatic N) is 3. The van der Waals surface area contributed by atoms with Crippen LogP contribution >= 0.6 is 11.3 Å². The van der Waals surface area contributed by atoms with E-state index in [1.807, 2.05) is 18.5 Å². The first-order valence-electron chi connectivity index (χ1n) is 5.28. The minimum atomic E-state index is 0.758. The number of piperazine rings is 1. The molecule has 0 aliphatic carbocycles. The Morgan fingerprint density at radius 3 is 2.73 bits per heavy atom. The van der Waals surface area contributed by atoms with E-state index in [1.165, 1.54) is 0 Å². The van der Waals surface area contributed by atoms with E-state index in [1.54, 1.807) is 11.3 Å². The van der Waals surface area contributed by atoms with Crippen molar-refractivity contribution >= 4 is 22.3 Å². The Hall–Kier alpha value is -1.10. The van der Waals surface area contributed by atoms with Gasteiger partial charge >= 0.3 is 0 Å². The molecule has 1 aromatic rings. The average Bonchev–Trinajstić information content (AvgIpc) is 2.82. The number of thiazole rings is 1. The smallest absolute Gasteiger partial charge is 0.185 e. The third-order valence-corrected chi connectivity index (χ3v) is 3.52. The van der Waals surface area contributed by atoms with Gasteiger partial charge in [0.15, 0.2) is 5.13 Å². The Morgan fingerprint density at radius 2 is 2.20 bits per heavy atom. The molecule has 0 unspecified atom stereocenters. The lowest BCUT2D eigenvalue weighted by molar-refractivity contribution is 0.377. The third-order valence-electron chi connectivity index (χ3n) is 2.69. The molecule has 1 aliphatic heterocycles. The Balaban J connectivity index is 1.90. The van der Waals surface area contributed by atoms with Crippen LogP contribution in [0.4, 0.5) is 5.13 Å². The van der Waals surface area contributed by atoms with Gasteiger partial charge in [-0.25, -0.2) is 4.98 Å². The normalized spacial score (nSPS) is 16.9. The van der Waals surface area contributed by atoms with Gasteiger partial charge in [0, 0.05) is 44.2 Å². The summed E-state index contributed by atoms with van der Waals surface area (Å²) in [6, 6.07) is 0. The summed E-state index contributed by atoms with van der Waals surface area (Å²) in [7, 11) is 0. The van der Waals surface area contributed by atoms with Crippen molar-refractivity contribution in [3.8, 4) is 0 Å². The first kappa shape index (κ1) is 10.4. The maximum absolute atomic E-state index is 7.77. The highest BCUT2D eigenvalue weighted by molar-refractivity contribution is 7.13. The van der Waals surface area contributed by atoms with Crippen LogP contribution < -0.4 is 4.90 Å². The number of nitrogens with one attached hydrogen (secondary N) is 1. The topological polar surface area (TPSA) is 43.2 Å². The summed E-state index contributed by atoms with van der Waals surface area (Å²) in [5.41, 5.74) is 0. The van der Waals surface area contributed by atoms with Crippen molar-refractivity contribution in [3.63, 3.8) is 0 Å². The van der Waals surface area contributed by atoms with Crippen LogP contribution in [0.15, 0.2) is 11.6 Å². The van der Waals surface area contributed by atoms with Crippen LogP contribution in [0.2, 0.25) is 0 Å². The van der Waals surface area contributed by atoms with Gasteiger partial charge < -0.3 is 9.80 Å². The molecule has 0 atom stereocenters. The zero-order valence-corrected chi connectivity index (χ0v) is 9.76. The van der Waals surface area contributed by atoms with Crippen LogP contribution in [0.1, 0.15) is 13.3 Å². The van der Waals surface area contributed by atoms with Crippen LogP contribution in [0, 0.1) is 5.41 Å². The Bertz CT molecular complexity index is 314. The zero-order valence-electron chi connectivity index (χ0n) is 8.94. The summed E-state index contributed by atoms with van der Waals surface area (Å²) >= 11 is 1.69. The number of anilines is 1. The standard InChI is InChI=1S/C10H16N4S/c1-2-9(11)13-4-6-14(7-5-13)10-12-3-8-15-10/h3,8,11H,2,4-7H2,1H3. The molecule has 82 valence electrons. The van der Waals surface area contributed by atoms with E-state index in [0.717, 1.165) is 43.6 Å². The van der Waals surface area contributed by atoms with E-state index in [0.29, 0.717) is 0 Å². The van der Waals surface area contributed by atoms with Gasteiger partial charge in [-0.15, -0.1) is 11.3 Å². The number of hydrogen-bond acceptors (Lipinski definition) is 4. The van der Waals surface area contributed by atoms with Crippen molar-refractivity contribution in [3.05, 3.63) is 11.6 Å². The molecule has 0 radical (unpaired) electrons. The van der Waals surface area contributed by atoms with Crippen LogP contribution in [0.5, 0.6) is 0 Å². The highest BCUT2D eigenvalue weighted by Gasteiger charge is 2.19. The van der Waals surface area contributed by atoms with E-state index in [4.69, 9.17) is 5.41 Å². The van der Waals surface area contributed by atoms with Crippen molar-refractivity contribution in [1.29, 1.82) is 5.41 Å². The summed E-state index contributed by atoms with van der Waals surface area (Å²) in [6.07, 6.45) is 2.68. The molecule has 0 saturated carbocycles. The molecule has 1 aliphatic rings. The van der Waals surface area contributed by atoms with Gasteiger partial charge in [0.1, 0.15) is 0 Å². The molecule has 0 aromatic carbocycles. The Morgan fingerprint density at radius 1 is 1.47 bits per heavy atom. The summed E-state index contributed by atoms with van der Waals surface area (Å²) < 4.78 is 0. The number of amidine groups is 1.